The lowest BCUT2D eigenvalue weighted by molar-refractivity contribution is 0.475. The van der Waals surface area contributed by atoms with Crippen LogP contribution in [0.15, 0.2) is 29.8 Å². The highest BCUT2D eigenvalue weighted by molar-refractivity contribution is 5.54. The van der Waals surface area contributed by atoms with Gasteiger partial charge < -0.3 is 10.4 Å². The number of nitrogens with one attached hydrogen (secondary N) is 1. The molecule has 1 fully saturated rings. The van der Waals surface area contributed by atoms with Gasteiger partial charge in [0.15, 0.2) is 0 Å². The van der Waals surface area contributed by atoms with E-state index in [2.05, 4.69) is 11.4 Å². The maximum Gasteiger partial charge on any atom is 0.116 e. The summed E-state index contributed by atoms with van der Waals surface area (Å²) in [5.74, 6) is 0.344. The van der Waals surface area contributed by atoms with Gasteiger partial charge in [0.05, 0.1) is 0 Å². The zero-order chi connectivity index (χ0) is 10.5. The maximum atomic E-state index is 9.36. The highest BCUT2D eigenvalue weighted by Crippen LogP contribution is 2.19. The number of phenols is 1. The number of aromatic hydroxyl groups is 1. The van der Waals surface area contributed by atoms with E-state index in [1.165, 1.54) is 18.4 Å². The lowest BCUT2D eigenvalue weighted by atomic mass is 10.0. The highest BCUT2D eigenvalue weighted by Gasteiger charge is 2.03. The van der Waals surface area contributed by atoms with Crippen LogP contribution >= 0.6 is 0 Å². The molecule has 2 nitrogen and oxygen atoms in total. The predicted octanol–water partition coefficient (Wildman–Crippen LogP) is 2.55. The number of rotatable bonds is 1. The fourth-order valence-corrected chi connectivity index (χ4v) is 1.93. The van der Waals surface area contributed by atoms with Gasteiger partial charge in [-0.1, -0.05) is 23.8 Å². The quantitative estimate of drug-likeness (QED) is 0.735. The van der Waals surface area contributed by atoms with Crippen molar-refractivity contribution in [2.75, 3.05) is 13.1 Å². The number of benzene rings is 1. The monoisotopic (exact) mass is 203 g/mol. The molecule has 0 unspecified atom stereocenters. The van der Waals surface area contributed by atoms with Crippen LogP contribution in [0.25, 0.3) is 6.08 Å². The van der Waals surface area contributed by atoms with Crippen molar-refractivity contribution in [3.63, 3.8) is 0 Å². The summed E-state index contributed by atoms with van der Waals surface area (Å²) in [7, 11) is 0. The Kier molecular flexibility index (Phi) is 3.41. The van der Waals surface area contributed by atoms with E-state index in [-0.39, 0.29) is 0 Å². The second-order valence-corrected chi connectivity index (χ2v) is 4.00. The molecular formula is C13H17NO. The Morgan fingerprint density at radius 1 is 1.20 bits per heavy atom. The molecule has 0 aliphatic carbocycles. The predicted molar refractivity (Wildman–Crippen MR) is 62.8 cm³/mol. The molecule has 15 heavy (non-hydrogen) atoms. The van der Waals surface area contributed by atoms with Gasteiger partial charge in [-0.3, -0.25) is 0 Å². The Balaban J connectivity index is 2.13. The molecule has 2 rings (SSSR count). The van der Waals surface area contributed by atoms with Crippen molar-refractivity contribution < 1.29 is 5.11 Å². The first-order chi connectivity index (χ1) is 7.34. The van der Waals surface area contributed by atoms with Gasteiger partial charge in [-0.25, -0.2) is 0 Å². The molecule has 1 aromatic carbocycles. The second kappa shape index (κ2) is 4.99. The van der Waals surface area contributed by atoms with Crippen molar-refractivity contribution in [1.29, 1.82) is 0 Å². The molecule has 2 N–H and O–H groups in total. The first-order valence-electron chi connectivity index (χ1n) is 5.54. The van der Waals surface area contributed by atoms with Gasteiger partial charge in [-0.15, -0.1) is 0 Å². The third kappa shape index (κ3) is 3.10. The Morgan fingerprint density at radius 3 is 3.00 bits per heavy atom. The molecule has 2 heteroatoms. The molecule has 80 valence electrons. The zero-order valence-electron chi connectivity index (χ0n) is 8.87. The second-order valence-electron chi connectivity index (χ2n) is 4.00. The van der Waals surface area contributed by atoms with Crippen LogP contribution in [-0.4, -0.2) is 18.2 Å². The van der Waals surface area contributed by atoms with Gasteiger partial charge in [0.1, 0.15) is 5.75 Å². The average Bonchev–Trinajstić information content (AvgIpc) is 2.46. The van der Waals surface area contributed by atoms with Crippen molar-refractivity contribution in [3.8, 4) is 5.75 Å². The van der Waals surface area contributed by atoms with Crippen molar-refractivity contribution in [2.45, 2.75) is 19.3 Å². The smallest absolute Gasteiger partial charge is 0.116 e. The number of phenolic OH excluding ortho intramolecular Hbond substituents is 1. The van der Waals surface area contributed by atoms with Gasteiger partial charge in [0.2, 0.25) is 0 Å². The van der Waals surface area contributed by atoms with E-state index < -0.39 is 0 Å². The van der Waals surface area contributed by atoms with Crippen LogP contribution in [0, 0.1) is 0 Å². The Morgan fingerprint density at radius 2 is 2.13 bits per heavy atom. The summed E-state index contributed by atoms with van der Waals surface area (Å²) in [5, 5.41) is 12.7. The summed E-state index contributed by atoms with van der Waals surface area (Å²) in [6, 6.07) is 7.43. The van der Waals surface area contributed by atoms with Crippen LogP contribution in [0.1, 0.15) is 24.8 Å². The first kappa shape index (κ1) is 10.2. The molecule has 1 aromatic rings. The molecule has 0 saturated carbocycles. The molecular weight excluding hydrogens is 186 g/mol. The molecule has 1 aliphatic rings. The first-order valence-corrected chi connectivity index (χ1v) is 5.54. The lowest BCUT2D eigenvalue weighted by Gasteiger charge is -2.02. The van der Waals surface area contributed by atoms with Crippen molar-refractivity contribution in [2.24, 2.45) is 0 Å². The van der Waals surface area contributed by atoms with E-state index >= 15 is 0 Å². The summed E-state index contributed by atoms with van der Waals surface area (Å²) in [5.41, 5.74) is 2.58. The molecule has 0 amide bonds. The highest BCUT2D eigenvalue weighted by atomic mass is 16.3. The minimum absolute atomic E-state index is 0.344. The van der Waals surface area contributed by atoms with Crippen molar-refractivity contribution in [1.82, 2.24) is 5.32 Å². The van der Waals surface area contributed by atoms with Gasteiger partial charge in [0.25, 0.3) is 0 Å². The van der Waals surface area contributed by atoms with E-state index in [0.717, 1.165) is 25.1 Å². The standard InChI is InChI=1S/C13H17NO/c15-13-5-1-3-12(10-13)9-11-4-2-7-14-8-6-11/h1,3,5,9-10,14-15H,2,4,6-8H2/b11-9-. The summed E-state index contributed by atoms with van der Waals surface area (Å²) < 4.78 is 0. The molecule has 0 radical (unpaired) electrons. The average molecular weight is 203 g/mol. The van der Waals surface area contributed by atoms with Gasteiger partial charge >= 0.3 is 0 Å². The summed E-state index contributed by atoms with van der Waals surface area (Å²) in [6.07, 6.45) is 5.70. The molecule has 0 aromatic heterocycles. The minimum atomic E-state index is 0.344. The molecule has 1 heterocycles. The van der Waals surface area contributed by atoms with Crippen LogP contribution in [0.4, 0.5) is 0 Å². The summed E-state index contributed by atoms with van der Waals surface area (Å²) in [4.78, 5) is 0. The van der Waals surface area contributed by atoms with E-state index in [4.69, 9.17) is 0 Å². The Bertz CT molecular complexity index is 347. The number of hydrogen-bond donors (Lipinski definition) is 2. The zero-order valence-corrected chi connectivity index (χ0v) is 8.87. The van der Waals surface area contributed by atoms with Crippen LogP contribution in [0.3, 0.4) is 0 Å². The Labute approximate surface area is 90.6 Å². The summed E-state index contributed by atoms with van der Waals surface area (Å²) >= 11 is 0. The maximum absolute atomic E-state index is 9.36. The number of hydrogen-bond acceptors (Lipinski definition) is 2. The fraction of sp³-hybridized carbons (Fsp3) is 0.385. The SMILES string of the molecule is Oc1cccc(/C=C2/CCCNCC2)c1. The lowest BCUT2D eigenvalue weighted by Crippen LogP contribution is -2.13. The van der Waals surface area contributed by atoms with Gasteiger partial charge in [-0.05, 0) is 50.0 Å². The van der Waals surface area contributed by atoms with Crippen LogP contribution in [-0.2, 0) is 0 Å². The molecule has 0 bridgehead atoms. The van der Waals surface area contributed by atoms with Crippen molar-refractivity contribution in [3.05, 3.63) is 35.4 Å². The molecule has 1 saturated heterocycles. The van der Waals surface area contributed by atoms with Crippen LogP contribution in [0.5, 0.6) is 5.75 Å². The molecule has 1 aliphatic heterocycles. The minimum Gasteiger partial charge on any atom is -0.508 e. The van der Waals surface area contributed by atoms with Gasteiger partial charge in [0, 0.05) is 0 Å². The van der Waals surface area contributed by atoms with Crippen LogP contribution < -0.4 is 5.32 Å². The largest absolute Gasteiger partial charge is 0.508 e. The van der Waals surface area contributed by atoms with E-state index in [0.29, 0.717) is 5.75 Å². The van der Waals surface area contributed by atoms with E-state index in [9.17, 15) is 5.11 Å². The molecule has 0 spiro atoms. The third-order valence-corrected chi connectivity index (χ3v) is 2.72. The molecule has 0 atom stereocenters. The van der Waals surface area contributed by atoms with Crippen LogP contribution in [0.2, 0.25) is 0 Å². The summed E-state index contributed by atoms with van der Waals surface area (Å²) in [6.45, 7) is 2.20. The van der Waals surface area contributed by atoms with E-state index in [1.54, 1.807) is 6.07 Å². The van der Waals surface area contributed by atoms with Crippen molar-refractivity contribution >= 4 is 6.08 Å². The van der Waals surface area contributed by atoms with Gasteiger partial charge in [-0.2, -0.15) is 0 Å². The normalized spacial score (nSPS) is 20.1. The topological polar surface area (TPSA) is 32.3 Å². The van der Waals surface area contributed by atoms with E-state index in [1.807, 2.05) is 18.2 Å². The Hall–Kier alpha value is -1.28. The third-order valence-electron chi connectivity index (χ3n) is 2.72. The fourth-order valence-electron chi connectivity index (χ4n) is 1.93.